The molecule has 0 N–H and O–H groups in total. The van der Waals surface area contributed by atoms with Gasteiger partial charge in [-0.1, -0.05) is 38.0 Å². The van der Waals surface area contributed by atoms with Crippen molar-refractivity contribution in [2.24, 2.45) is 0 Å². The van der Waals surface area contributed by atoms with Crippen LogP contribution in [-0.2, 0) is 6.42 Å². The summed E-state index contributed by atoms with van der Waals surface area (Å²) in [5.74, 6) is -0.324. The maximum atomic E-state index is 13.2. The molecule has 0 saturated heterocycles. The summed E-state index contributed by atoms with van der Waals surface area (Å²) in [5.41, 5.74) is 1.60. The average Bonchev–Trinajstić information content (AvgIpc) is 3.31. The third kappa shape index (κ3) is 4.30. The molecule has 0 radical (unpaired) electrons. The largest absolute Gasteiger partial charge is 1.00 e. The molecule has 0 unspecified atom stereocenters. The van der Waals surface area contributed by atoms with E-state index in [-0.39, 0.29) is 52.1 Å². The van der Waals surface area contributed by atoms with E-state index in [9.17, 15) is 14.0 Å². The minimum atomic E-state index is -0.340. The second-order valence-corrected chi connectivity index (χ2v) is 7.51. The van der Waals surface area contributed by atoms with Crippen LogP contribution in [0.2, 0.25) is 0 Å². The first-order valence-electron chi connectivity index (χ1n) is 9.41. The van der Waals surface area contributed by atoms with E-state index < -0.39 is 0 Å². The number of para-hydroxylation sites is 1. The first kappa shape index (κ1) is 22.5. The number of unbranched alkanes of at least 4 members (excludes halogenated alkanes) is 1. The molecule has 5 nitrogen and oxygen atoms in total. The summed E-state index contributed by atoms with van der Waals surface area (Å²) < 4.78 is 16.0. The van der Waals surface area contributed by atoms with Crippen molar-refractivity contribution in [1.29, 1.82) is 0 Å². The number of hydrogen-bond donors (Lipinski definition) is 0. The molecule has 8 heteroatoms. The maximum Gasteiger partial charge on any atom is 1.00 e. The molecule has 0 amide bonds. The van der Waals surface area contributed by atoms with Crippen LogP contribution >= 0.6 is 11.3 Å². The van der Waals surface area contributed by atoms with Crippen LogP contribution in [0.15, 0.2) is 69.6 Å². The van der Waals surface area contributed by atoms with Crippen molar-refractivity contribution < 1.29 is 33.9 Å². The van der Waals surface area contributed by atoms with E-state index >= 15 is 0 Å². The number of thiazole rings is 1. The summed E-state index contributed by atoms with van der Waals surface area (Å²) in [6.45, 7) is 2.02. The van der Waals surface area contributed by atoms with Gasteiger partial charge in [-0.2, -0.15) is 0 Å². The van der Waals surface area contributed by atoms with Crippen molar-refractivity contribution in [2.45, 2.75) is 26.2 Å². The summed E-state index contributed by atoms with van der Waals surface area (Å²) in [4.78, 5) is 30.8. The molecule has 0 aliphatic carbocycles. The maximum absolute atomic E-state index is 13.2. The second-order valence-electron chi connectivity index (χ2n) is 6.67. The van der Waals surface area contributed by atoms with E-state index in [0.717, 1.165) is 18.4 Å². The molecule has 0 bridgehead atoms. The van der Waals surface area contributed by atoms with Crippen molar-refractivity contribution in [3.63, 3.8) is 0 Å². The van der Waals surface area contributed by atoms with Gasteiger partial charge in [0.25, 0.3) is 0 Å². The van der Waals surface area contributed by atoms with Crippen LogP contribution in [0, 0.1) is 5.82 Å². The zero-order chi connectivity index (χ0) is 20.4. The number of rotatable bonds is 6. The summed E-state index contributed by atoms with van der Waals surface area (Å²) >= 11 is 1.27. The molecule has 148 valence electrons. The van der Waals surface area contributed by atoms with E-state index in [1.807, 2.05) is 25.1 Å². The Morgan fingerprint density at radius 1 is 1.00 bits per heavy atom. The van der Waals surface area contributed by atoms with Gasteiger partial charge in [0.05, 0.1) is 11.4 Å². The molecule has 0 fully saturated rings. The van der Waals surface area contributed by atoms with Crippen LogP contribution in [-0.4, -0.2) is 14.3 Å². The minimum absolute atomic E-state index is 0. The quantitative estimate of drug-likeness (QED) is 0.342. The normalized spacial score (nSPS) is 10.7. The number of halogens is 1. The van der Waals surface area contributed by atoms with Gasteiger partial charge in [0, 0.05) is 10.9 Å². The molecule has 4 rings (SSSR count). The van der Waals surface area contributed by atoms with Gasteiger partial charge in [-0.3, -0.25) is 0 Å². The summed E-state index contributed by atoms with van der Waals surface area (Å²) in [6.07, 6.45) is 2.09. The topological polar surface area (TPSA) is 56.9 Å². The van der Waals surface area contributed by atoms with Crippen molar-refractivity contribution >= 4 is 11.3 Å². The predicted molar refractivity (Wildman–Crippen MR) is 113 cm³/mol. The van der Waals surface area contributed by atoms with Gasteiger partial charge in [-0.05, 0) is 36.4 Å². The summed E-state index contributed by atoms with van der Waals surface area (Å²) in [7, 11) is 0. The molecule has 0 aliphatic heterocycles. The summed E-state index contributed by atoms with van der Waals surface area (Å²) in [6, 6.07) is 15.1. The van der Waals surface area contributed by atoms with E-state index in [2.05, 4.69) is 4.98 Å². The standard InChI is InChI=1S/C22H19FN3O2S.Na/c1-2-3-9-18-20(27)25(17-7-5-4-6-8-17)26(21(18)28)22-24-19(14-29-22)15-10-12-16(23)13-11-15;/h4-8,10-14H,2-3,9H2,1H3;/q-1;+1. The Kier molecular flexibility index (Phi) is 7.31. The molecule has 2 aromatic carbocycles. The minimum Gasteiger partial charge on any atom is -0.308 e. The van der Waals surface area contributed by atoms with E-state index in [0.29, 0.717) is 22.9 Å². The van der Waals surface area contributed by atoms with Gasteiger partial charge in [0.2, 0.25) is 5.13 Å². The second kappa shape index (κ2) is 9.75. The van der Waals surface area contributed by atoms with E-state index in [1.54, 1.807) is 29.6 Å². The van der Waals surface area contributed by atoms with Crippen LogP contribution in [0.1, 0.15) is 25.3 Å². The number of benzene rings is 2. The third-order valence-electron chi connectivity index (χ3n) is 4.70. The first-order chi connectivity index (χ1) is 14.1. The molecule has 4 aromatic rings. The molecular formula is C22H19FN3NaO2S. The molecule has 2 heterocycles. The van der Waals surface area contributed by atoms with Gasteiger partial charge in [-0.25, -0.2) is 24.3 Å². The monoisotopic (exact) mass is 431 g/mol. The Morgan fingerprint density at radius 3 is 2.33 bits per heavy atom. The van der Waals surface area contributed by atoms with Crippen LogP contribution in [0.4, 0.5) is 4.39 Å². The molecule has 0 saturated carbocycles. The van der Waals surface area contributed by atoms with E-state index in [4.69, 9.17) is 0 Å². The fourth-order valence-corrected chi connectivity index (χ4v) is 4.01. The Morgan fingerprint density at radius 2 is 1.67 bits per heavy atom. The zero-order valence-corrected chi connectivity index (χ0v) is 19.7. The SMILES string of the molecule is CCCC[c-]1c(=O)n(-c2ccccc2)n(-c2nc(-c3ccc(F)cc3)cs2)c1=O.[Na+]. The van der Waals surface area contributed by atoms with Crippen molar-refractivity contribution in [3.05, 3.63) is 92.1 Å². The van der Waals surface area contributed by atoms with Crippen LogP contribution < -0.4 is 40.7 Å². The number of hydrogen-bond acceptors (Lipinski definition) is 4. The first-order valence-corrected chi connectivity index (χ1v) is 10.3. The Balaban J connectivity index is 0.00000256. The molecule has 0 aliphatic rings. The van der Waals surface area contributed by atoms with Gasteiger partial charge < -0.3 is 9.59 Å². The third-order valence-corrected chi connectivity index (χ3v) is 5.51. The molecule has 2 aromatic heterocycles. The fourth-order valence-electron chi connectivity index (χ4n) is 3.19. The Hall–Kier alpha value is -2.19. The van der Waals surface area contributed by atoms with Crippen molar-refractivity contribution in [1.82, 2.24) is 14.3 Å². The molecule has 30 heavy (non-hydrogen) atoms. The summed E-state index contributed by atoms with van der Waals surface area (Å²) in [5, 5.41) is 2.20. The predicted octanol–water partition coefficient (Wildman–Crippen LogP) is 1.32. The smallest absolute Gasteiger partial charge is 0.308 e. The number of aromatic nitrogens is 3. The Bertz CT molecular complexity index is 1240. The van der Waals surface area contributed by atoms with Crippen LogP contribution in [0.5, 0.6) is 0 Å². The van der Waals surface area contributed by atoms with Gasteiger partial charge in [-0.15, -0.1) is 17.8 Å². The van der Waals surface area contributed by atoms with Gasteiger partial charge in [0.15, 0.2) is 0 Å². The van der Waals surface area contributed by atoms with Crippen LogP contribution in [0.25, 0.3) is 22.1 Å². The van der Waals surface area contributed by atoms with Crippen LogP contribution in [0.3, 0.4) is 0 Å². The molecule has 0 atom stereocenters. The van der Waals surface area contributed by atoms with E-state index in [1.165, 1.54) is 32.8 Å². The van der Waals surface area contributed by atoms with Crippen molar-refractivity contribution in [2.75, 3.05) is 0 Å². The van der Waals surface area contributed by atoms with Gasteiger partial charge >= 0.3 is 29.6 Å². The van der Waals surface area contributed by atoms with Crippen molar-refractivity contribution in [3.8, 4) is 22.1 Å². The fraction of sp³-hybridized carbons (Fsp3) is 0.182. The van der Waals surface area contributed by atoms with Gasteiger partial charge in [0.1, 0.15) is 16.9 Å². The molecular weight excluding hydrogens is 412 g/mol. The average molecular weight is 431 g/mol. The number of nitrogens with zero attached hydrogens (tertiary/aromatic N) is 3. The Labute approximate surface area is 199 Å². The molecule has 0 spiro atoms. The zero-order valence-electron chi connectivity index (χ0n) is 16.8.